The van der Waals surface area contributed by atoms with E-state index in [0.717, 1.165) is 22.6 Å². The van der Waals surface area contributed by atoms with Crippen LogP contribution in [0.5, 0.6) is 0 Å². The molecule has 0 amide bonds. The molecule has 4 heteroatoms. The van der Waals surface area contributed by atoms with E-state index in [2.05, 4.69) is 16.6 Å². The Balaban J connectivity index is 2.49. The van der Waals surface area contributed by atoms with Gasteiger partial charge in [-0.3, -0.25) is 9.55 Å². The second-order valence-corrected chi connectivity index (χ2v) is 4.27. The largest absolute Gasteiger partial charge is 0.397 e. The molecular formula is C14H16N4. The summed E-state index contributed by atoms with van der Waals surface area (Å²) in [7, 11) is 0. The van der Waals surface area contributed by atoms with Crippen LogP contribution in [0.15, 0.2) is 47.9 Å². The van der Waals surface area contributed by atoms with E-state index in [-0.39, 0.29) is 0 Å². The third-order valence-electron chi connectivity index (χ3n) is 2.48. The number of nitrogens with zero attached hydrogens (tertiary/aromatic N) is 3. The molecule has 2 N–H and O–H groups in total. The number of aromatic nitrogens is 2. The Kier molecular flexibility index (Phi) is 3.28. The van der Waals surface area contributed by atoms with E-state index in [1.54, 1.807) is 18.6 Å². The van der Waals surface area contributed by atoms with Gasteiger partial charge < -0.3 is 5.73 Å². The first-order valence-electron chi connectivity index (χ1n) is 5.66. The van der Waals surface area contributed by atoms with Gasteiger partial charge in [0.25, 0.3) is 0 Å². The van der Waals surface area contributed by atoms with Crippen LogP contribution in [0.25, 0.3) is 5.69 Å². The zero-order chi connectivity index (χ0) is 13.1. The van der Waals surface area contributed by atoms with Crippen LogP contribution in [-0.2, 0) is 0 Å². The summed E-state index contributed by atoms with van der Waals surface area (Å²) in [4.78, 5) is 8.53. The first-order valence-corrected chi connectivity index (χ1v) is 5.66. The molecule has 0 atom stereocenters. The zero-order valence-corrected chi connectivity index (χ0v) is 10.6. The fourth-order valence-corrected chi connectivity index (χ4v) is 1.64. The number of hydrogen-bond donors (Lipinski definition) is 1. The first-order chi connectivity index (χ1) is 8.58. The number of nitrogen functional groups attached to an aromatic ring is 1. The molecule has 0 fully saturated rings. The van der Waals surface area contributed by atoms with Crippen molar-refractivity contribution in [3.63, 3.8) is 0 Å². The van der Waals surface area contributed by atoms with Crippen molar-refractivity contribution in [1.82, 2.24) is 9.55 Å². The molecule has 2 aromatic heterocycles. The fourth-order valence-electron chi connectivity index (χ4n) is 1.64. The standard InChI is InChI=1S/C14H16N4/c1-10(2)7-17-14-11(3)4-5-18(14)13-6-12(15)8-16-9-13/h4-9H,1,15H2,2-3H3/b17-7-. The lowest BCUT2D eigenvalue weighted by Gasteiger charge is -2.06. The van der Waals surface area contributed by atoms with Crippen LogP contribution >= 0.6 is 0 Å². The topological polar surface area (TPSA) is 56.2 Å². The van der Waals surface area contributed by atoms with Crippen LogP contribution in [0.1, 0.15) is 12.5 Å². The zero-order valence-electron chi connectivity index (χ0n) is 10.6. The minimum absolute atomic E-state index is 0.633. The second kappa shape index (κ2) is 4.87. The summed E-state index contributed by atoms with van der Waals surface area (Å²) in [6.07, 6.45) is 7.09. The van der Waals surface area contributed by atoms with Crippen LogP contribution in [-0.4, -0.2) is 15.8 Å². The predicted octanol–water partition coefficient (Wildman–Crippen LogP) is 3.04. The van der Waals surface area contributed by atoms with Crippen molar-refractivity contribution in [3.05, 3.63) is 48.4 Å². The maximum atomic E-state index is 5.75. The summed E-state index contributed by atoms with van der Waals surface area (Å²) in [6.45, 7) is 7.74. The first kappa shape index (κ1) is 12.1. The van der Waals surface area contributed by atoms with Crippen molar-refractivity contribution in [3.8, 4) is 5.69 Å². The third kappa shape index (κ3) is 2.48. The summed E-state index contributed by atoms with van der Waals surface area (Å²) < 4.78 is 1.96. The Morgan fingerprint density at radius 2 is 2.28 bits per heavy atom. The summed E-state index contributed by atoms with van der Waals surface area (Å²) in [6, 6.07) is 3.88. The van der Waals surface area contributed by atoms with Crippen LogP contribution in [0, 0.1) is 6.92 Å². The maximum Gasteiger partial charge on any atom is 0.140 e. The Hall–Kier alpha value is -2.36. The Morgan fingerprint density at radius 1 is 1.50 bits per heavy atom. The fraction of sp³-hybridized carbons (Fsp3) is 0.143. The van der Waals surface area contributed by atoms with E-state index >= 15 is 0 Å². The van der Waals surface area contributed by atoms with Gasteiger partial charge in [-0.15, -0.1) is 0 Å². The monoisotopic (exact) mass is 240 g/mol. The highest BCUT2D eigenvalue weighted by atomic mass is 15.1. The van der Waals surface area contributed by atoms with Crippen LogP contribution < -0.4 is 5.73 Å². The van der Waals surface area contributed by atoms with Crippen molar-refractivity contribution >= 4 is 17.7 Å². The van der Waals surface area contributed by atoms with Crippen molar-refractivity contribution in [2.75, 3.05) is 5.73 Å². The molecule has 0 bridgehead atoms. The van der Waals surface area contributed by atoms with E-state index in [9.17, 15) is 0 Å². The van der Waals surface area contributed by atoms with Crippen LogP contribution in [0.3, 0.4) is 0 Å². The van der Waals surface area contributed by atoms with Gasteiger partial charge in [0.1, 0.15) is 5.82 Å². The second-order valence-electron chi connectivity index (χ2n) is 4.27. The molecule has 92 valence electrons. The highest BCUT2D eigenvalue weighted by Gasteiger charge is 2.06. The molecule has 2 aromatic rings. The molecule has 4 nitrogen and oxygen atoms in total. The van der Waals surface area contributed by atoms with Crippen molar-refractivity contribution in [2.24, 2.45) is 4.99 Å². The lowest BCUT2D eigenvalue weighted by molar-refractivity contribution is 1.05. The molecule has 0 aliphatic carbocycles. The van der Waals surface area contributed by atoms with Gasteiger partial charge in [-0.2, -0.15) is 0 Å². The average molecular weight is 240 g/mol. The molecular weight excluding hydrogens is 224 g/mol. The molecule has 0 unspecified atom stereocenters. The van der Waals surface area contributed by atoms with Gasteiger partial charge in [-0.05, 0) is 37.1 Å². The summed E-state index contributed by atoms with van der Waals surface area (Å²) in [5.74, 6) is 0.866. The maximum absolute atomic E-state index is 5.75. The van der Waals surface area contributed by atoms with E-state index in [1.807, 2.05) is 36.7 Å². The van der Waals surface area contributed by atoms with E-state index < -0.39 is 0 Å². The van der Waals surface area contributed by atoms with Gasteiger partial charge in [0.2, 0.25) is 0 Å². The van der Waals surface area contributed by atoms with E-state index in [4.69, 9.17) is 5.73 Å². The Bertz CT molecular complexity index is 608. The van der Waals surface area contributed by atoms with Gasteiger partial charge >= 0.3 is 0 Å². The average Bonchev–Trinajstić information content (AvgIpc) is 2.68. The van der Waals surface area contributed by atoms with Gasteiger partial charge in [-0.25, -0.2) is 4.99 Å². The summed E-state index contributed by atoms with van der Waals surface area (Å²) >= 11 is 0. The minimum atomic E-state index is 0.633. The quantitative estimate of drug-likeness (QED) is 0.838. The molecule has 0 aliphatic heterocycles. The number of rotatable bonds is 3. The van der Waals surface area contributed by atoms with Gasteiger partial charge in [0, 0.05) is 18.6 Å². The number of hydrogen-bond acceptors (Lipinski definition) is 3. The Morgan fingerprint density at radius 3 is 2.94 bits per heavy atom. The van der Waals surface area contributed by atoms with Gasteiger partial charge in [-0.1, -0.05) is 6.58 Å². The molecule has 2 rings (SSSR count). The number of aliphatic imine (C=N–C) groups is 1. The molecule has 0 radical (unpaired) electrons. The lowest BCUT2D eigenvalue weighted by Crippen LogP contribution is -1.95. The van der Waals surface area contributed by atoms with Crippen LogP contribution in [0.2, 0.25) is 0 Å². The van der Waals surface area contributed by atoms with E-state index in [0.29, 0.717) is 5.69 Å². The lowest BCUT2D eigenvalue weighted by atomic mass is 10.3. The van der Waals surface area contributed by atoms with Crippen molar-refractivity contribution in [1.29, 1.82) is 0 Å². The molecule has 0 aromatic carbocycles. The minimum Gasteiger partial charge on any atom is -0.397 e. The normalized spacial score (nSPS) is 11.0. The van der Waals surface area contributed by atoms with Crippen LogP contribution in [0.4, 0.5) is 11.5 Å². The third-order valence-corrected chi connectivity index (χ3v) is 2.48. The number of allylic oxidation sites excluding steroid dienone is 1. The Labute approximate surface area is 106 Å². The molecule has 0 aliphatic rings. The van der Waals surface area contributed by atoms with Crippen molar-refractivity contribution in [2.45, 2.75) is 13.8 Å². The number of aryl methyl sites for hydroxylation is 1. The predicted molar refractivity (Wildman–Crippen MR) is 75.7 cm³/mol. The molecule has 2 heterocycles. The summed E-state index contributed by atoms with van der Waals surface area (Å²) in [5.41, 5.74) is 9.28. The highest BCUT2D eigenvalue weighted by molar-refractivity contribution is 5.79. The molecule has 18 heavy (non-hydrogen) atoms. The summed E-state index contributed by atoms with van der Waals surface area (Å²) in [5, 5.41) is 0. The van der Waals surface area contributed by atoms with Gasteiger partial charge in [0.05, 0.1) is 17.6 Å². The SMILES string of the molecule is C=C(C)/C=N\c1c(C)ccn1-c1cncc(N)c1. The number of nitrogens with two attached hydrogens (primary N) is 1. The van der Waals surface area contributed by atoms with E-state index in [1.165, 1.54) is 0 Å². The highest BCUT2D eigenvalue weighted by Crippen LogP contribution is 2.24. The van der Waals surface area contributed by atoms with Gasteiger partial charge in [0.15, 0.2) is 0 Å². The molecule has 0 saturated carbocycles. The van der Waals surface area contributed by atoms with Crippen molar-refractivity contribution < 1.29 is 0 Å². The molecule has 0 saturated heterocycles. The smallest absolute Gasteiger partial charge is 0.140 e. The molecule has 0 spiro atoms. The number of anilines is 1. The number of pyridine rings is 1.